The van der Waals surface area contributed by atoms with E-state index in [4.69, 9.17) is 5.73 Å². The summed E-state index contributed by atoms with van der Waals surface area (Å²) in [7, 11) is 0. The summed E-state index contributed by atoms with van der Waals surface area (Å²) < 4.78 is 0. The lowest BCUT2D eigenvalue weighted by Gasteiger charge is -2.19. The van der Waals surface area contributed by atoms with Gasteiger partial charge in [0.25, 0.3) is 0 Å². The fourth-order valence-corrected chi connectivity index (χ4v) is 2.21. The number of hydrogen-bond acceptors (Lipinski definition) is 1. The average molecular weight is 139 g/mol. The minimum Gasteiger partial charge on any atom is -0.328 e. The number of rotatable bonds is 3. The topological polar surface area (TPSA) is 26.0 Å². The Morgan fingerprint density at radius 2 is 1.50 bits per heavy atom. The first-order valence-corrected chi connectivity index (χ1v) is 4.54. The van der Waals surface area contributed by atoms with Crippen molar-refractivity contribution in [2.24, 2.45) is 23.5 Å². The van der Waals surface area contributed by atoms with Crippen molar-refractivity contribution in [1.29, 1.82) is 0 Å². The van der Waals surface area contributed by atoms with Gasteiger partial charge in [0.15, 0.2) is 0 Å². The molecule has 0 aromatic heterocycles. The molecule has 1 heteroatoms. The maximum Gasteiger partial charge on any atom is 0.00440 e. The summed E-state index contributed by atoms with van der Waals surface area (Å²) in [4.78, 5) is 0. The Bertz CT molecular complexity index is 108. The van der Waals surface area contributed by atoms with Crippen molar-refractivity contribution in [3.63, 3.8) is 0 Å². The van der Waals surface area contributed by atoms with Crippen LogP contribution in [0.5, 0.6) is 0 Å². The Kier molecular flexibility index (Phi) is 1.48. The van der Waals surface area contributed by atoms with Crippen molar-refractivity contribution in [3.05, 3.63) is 0 Å². The summed E-state index contributed by atoms with van der Waals surface area (Å²) in [5.41, 5.74) is 5.92. The van der Waals surface area contributed by atoms with Gasteiger partial charge in [0, 0.05) is 6.04 Å². The van der Waals surface area contributed by atoms with Crippen molar-refractivity contribution >= 4 is 0 Å². The molecule has 2 aliphatic carbocycles. The van der Waals surface area contributed by atoms with Crippen LogP contribution in [-0.2, 0) is 0 Å². The molecule has 0 amide bonds. The van der Waals surface area contributed by atoms with Gasteiger partial charge in [-0.15, -0.1) is 0 Å². The predicted octanol–water partition coefficient (Wildman–Crippen LogP) is 1.77. The molecule has 0 aromatic rings. The molecule has 2 fully saturated rings. The molecule has 10 heavy (non-hydrogen) atoms. The molecule has 2 aliphatic rings. The summed E-state index contributed by atoms with van der Waals surface area (Å²) in [6.07, 6.45) is 5.84. The minimum absolute atomic E-state index is 0.458. The maximum atomic E-state index is 5.92. The van der Waals surface area contributed by atoms with Crippen LogP contribution in [0.2, 0.25) is 0 Å². The summed E-state index contributed by atoms with van der Waals surface area (Å²) in [6.45, 7) is 2.18. The minimum atomic E-state index is 0.458. The van der Waals surface area contributed by atoms with Crippen molar-refractivity contribution in [2.75, 3.05) is 0 Å². The zero-order valence-corrected chi connectivity index (χ0v) is 6.72. The first-order valence-electron chi connectivity index (χ1n) is 4.54. The Balaban J connectivity index is 1.92. The third kappa shape index (κ3) is 1.20. The molecule has 0 radical (unpaired) electrons. The number of hydrogen-bond donors (Lipinski definition) is 1. The molecule has 58 valence electrons. The highest BCUT2D eigenvalue weighted by Crippen LogP contribution is 2.50. The molecule has 2 saturated carbocycles. The van der Waals surface area contributed by atoms with Crippen LogP contribution >= 0.6 is 0 Å². The third-order valence-electron chi connectivity index (χ3n) is 2.94. The van der Waals surface area contributed by atoms with Gasteiger partial charge in [-0.05, 0) is 50.4 Å². The molecular formula is C9H17N. The second kappa shape index (κ2) is 2.23. The Morgan fingerprint density at radius 3 is 1.70 bits per heavy atom. The molecule has 0 aliphatic heterocycles. The van der Waals surface area contributed by atoms with Crippen molar-refractivity contribution in [1.82, 2.24) is 0 Å². The van der Waals surface area contributed by atoms with Crippen molar-refractivity contribution in [2.45, 2.75) is 38.6 Å². The van der Waals surface area contributed by atoms with Gasteiger partial charge in [0.2, 0.25) is 0 Å². The van der Waals surface area contributed by atoms with Crippen LogP contribution in [0.25, 0.3) is 0 Å². The van der Waals surface area contributed by atoms with E-state index in [1.54, 1.807) is 0 Å². The van der Waals surface area contributed by atoms with Gasteiger partial charge in [0.05, 0.1) is 0 Å². The van der Waals surface area contributed by atoms with Crippen molar-refractivity contribution < 1.29 is 0 Å². The van der Waals surface area contributed by atoms with Gasteiger partial charge in [-0.2, -0.15) is 0 Å². The maximum absolute atomic E-state index is 5.92. The molecule has 1 nitrogen and oxygen atoms in total. The molecule has 0 heterocycles. The van der Waals surface area contributed by atoms with Gasteiger partial charge in [-0.1, -0.05) is 0 Å². The van der Waals surface area contributed by atoms with E-state index >= 15 is 0 Å². The fraction of sp³-hybridized carbons (Fsp3) is 1.00. The van der Waals surface area contributed by atoms with E-state index in [0.29, 0.717) is 6.04 Å². The molecule has 0 aromatic carbocycles. The summed E-state index contributed by atoms with van der Waals surface area (Å²) in [5, 5.41) is 0. The molecular weight excluding hydrogens is 122 g/mol. The molecule has 2 N–H and O–H groups in total. The molecule has 0 bridgehead atoms. The predicted molar refractivity (Wildman–Crippen MR) is 42.6 cm³/mol. The SMILES string of the molecule is C[C@H](N)C(C1CC1)C1CC1. The van der Waals surface area contributed by atoms with E-state index in [9.17, 15) is 0 Å². The van der Waals surface area contributed by atoms with Crippen LogP contribution in [0.15, 0.2) is 0 Å². The highest BCUT2D eigenvalue weighted by molar-refractivity contribution is 4.94. The third-order valence-corrected chi connectivity index (χ3v) is 2.94. The highest BCUT2D eigenvalue weighted by atomic mass is 14.7. The van der Waals surface area contributed by atoms with E-state index in [1.807, 2.05) is 0 Å². The summed E-state index contributed by atoms with van der Waals surface area (Å²) >= 11 is 0. The van der Waals surface area contributed by atoms with Gasteiger partial charge in [0.1, 0.15) is 0 Å². The zero-order valence-electron chi connectivity index (χ0n) is 6.72. The summed E-state index contributed by atoms with van der Waals surface area (Å²) in [6, 6.07) is 0.458. The van der Waals surface area contributed by atoms with Crippen molar-refractivity contribution in [3.8, 4) is 0 Å². The monoisotopic (exact) mass is 139 g/mol. The van der Waals surface area contributed by atoms with Gasteiger partial charge in [-0.25, -0.2) is 0 Å². The Morgan fingerprint density at radius 1 is 1.10 bits per heavy atom. The molecule has 0 saturated heterocycles. The van der Waals surface area contributed by atoms with Crippen LogP contribution in [0, 0.1) is 17.8 Å². The van der Waals surface area contributed by atoms with E-state index < -0.39 is 0 Å². The molecule has 1 atom stereocenters. The lowest BCUT2D eigenvalue weighted by Crippen LogP contribution is -2.29. The quantitative estimate of drug-likeness (QED) is 0.633. The van der Waals surface area contributed by atoms with Gasteiger partial charge >= 0.3 is 0 Å². The summed E-state index contributed by atoms with van der Waals surface area (Å²) in [5.74, 6) is 2.93. The second-order valence-corrected chi connectivity index (χ2v) is 4.11. The van der Waals surface area contributed by atoms with Crippen LogP contribution in [0.3, 0.4) is 0 Å². The van der Waals surface area contributed by atoms with Gasteiger partial charge in [-0.3, -0.25) is 0 Å². The van der Waals surface area contributed by atoms with E-state index in [2.05, 4.69) is 6.92 Å². The zero-order chi connectivity index (χ0) is 7.14. The first-order chi connectivity index (χ1) is 4.79. The Labute approximate surface area is 63.0 Å². The molecule has 0 unspecified atom stereocenters. The fourth-order valence-electron chi connectivity index (χ4n) is 2.21. The van der Waals surface area contributed by atoms with Gasteiger partial charge < -0.3 is 5.73 Å². The Hall–Kier alpha value is -0.0400. The lowest BCUT2D eigenvalue weighted by atomic mass is 9.91. The second-order valence-electron chi connectivity index (χ2n) is 4.11. The first kappa shape index (κ1) is 6.66. The average Bonchev–Trinajstić information content (AvgIpc) is 2.49. The standard InChI is InChI=1S/C9H17N/c1-6(10)9(7-2-3-7)8-4-5-8/h6-9H,2-5,10H2,1H3/t6-/m0/s1. The van der Waals surface area contributed by atoms with Crippen LogP contribution in [0.1, 0.15) is 32.6 Å². The van der Waals surface area contributed by atoms with Crippen LogP contribution in [0.4, 0.5) is 0 Å². The highest BCUT2D eigenvalue weighted by Gasteiger charge is 2.42. The lowest BCUT2D eigenvalue weighted by molar-refractivity contribution is 0.346. The van der Waals surface area contributed by atoms with E-state index in [1.165, 1.54) is 25.7 Å². The van der Waals surface area contributed by atoms with E-state index in [-0.39, 0.29) is 0 Å². The van der Waals surface area contributed by atoms with Crippen LogP contribution < -0.4 is 5.73 Å². The number of nitrogens with two attached hydrogens (primary N) is 1. The molecule has 0 spiro atoms. The normalized spacial score (nSPS) is 29.1. The smallest absolute Gasteiger partial charge is 0.00440 e. The van der Waals surface area contributed by atoms with E-state index in [0.717, 1.165) is 17.8 Å². The largest absolute Gasteiger partial charge is 0.328 e. The molecule has 2 rings (SSSR count). The van der Waals surface area contributed by atoms with Crippen LogP contribution in [-0.4, -0.2) is 6.04 Å².